The Morgan fingerprint density at radius 2 is 1.91 bits per heavy atom. The molecular formula is C17H23NO5. The van der Waals surface area contributed by atoms with Crippen LogP contribution in [0.3, 0.4) is 0 Å². The molecule has 0 aromatic heterocycles. The molecule has 2 N–H and O–H groups in total. The summed E-state index contributed by atoms with van der Waals surface area (Å²) in [6, 6.07) is 6.65. The summed E-state index contributed by atoms with van der Waals surface area (Å²) < 4.78 is 5.44. The van der Waals surface area contributed by atoms with Crippen LogP contribution in [0.5, 0.6) is 0 Å². The van der Waals surface area contributed by atoms with Gasteiger partial charge in [0.05, 0.1) is 18.1 Å². The molecule has 6 nitrogen and oxygen atoms in total. The Bertz CT molecular complexity index is 579. The van der Waals surface area contributed by atoms with E-state index in [-0.39, 0.29) is 12.0 Å². The summed E-state index contributed by atoms with van der Waals surface area (Å²) in [5, 5.41) is 18.9. The van der Waals surface area contributed by atoms with Crippen molar-refractivity contribution in [2.45, 2.75) is 38.4 Å². The predicted molar refractivity (Wildman–Crippen MR) is 84.4 cm³/mol. The lowest BCUT2D eigenvalue weighted by atomic mass is 9.84. The van der Waals surface area contributed by atoms with Gasteiger partial charge in [-0.3, -0.25) is 9.59 Å². The van der Waals surface area contributed by atoms with E-state index in [9.17, 15) is 19.8 Å². The Morgan fingerprint density at radius 1 is 1.30 bits per heavy atom. The minimum Gasteiger partial charge on any atom is -0.481 e. The Hall–Kier alpha value is -1.92. The minimum absolute atomic E-state index is 0.140. The van der Waals surface area contributed by atoms with Crippen LogP contribution in [0.1, 0.15) is 36.7 Å². The Labute approximate surface area is 135 Å². The zero-order valence-electron chi connectivity index (χ0n) is 13.7. The minimum atomic E-state index is -1.00. The van der Waals surface area contributed by atoms with Crippen molar-refractivity contribution < 1.29 is 24.5 Å². The van der Waals surface area contributed by atoms with Gasteiger partial charge in [0.1, 0.15) is 6.10 Å². The molecule has 2 atom stereocenters. The van der Waals surface area contributed by atoms with E-state index in [0.29, 0.717) is 30.8 Å². The van der Waals surface area contributed by atoms with Crippen molar-refractivity contribution in [2.75, 3.05) is 19.7 Å². The fourth-order valence-corrected chi connectivity index (χ4v) is 2.49. The van der Waals surface area contributed by atoms with Crippen LogP contribution in [0.15, 0.2) is 24.3 Å². The van der Waals surface area contributed by atoms with E-state index in [1.54, 1.807) is 49.9 Å². The van der Waals surface area contributed by atoms with Gasteiger partial charge in [-0.1, -0.05) is 12.1 Å². The number of nitrogens with zero attached hydrogens (tertiary/aromatic N) is 1. The molecule has 0 radical (unpaired) electrons. The molecule has 1 aromatic rings. The molecule has 1 aromatic carbocycles. The molecule has 0 bridgehead atoms. The molecule has 1 saturated heterocycles. The standard InChI is InChI=1S/C17H23NO5/c1-11(19)14-10-18(8-9-23-14)15(20)12-4-6-13(7-5-12)17(2,3)16(21)22/h4-7,11,14,19H,8-10H2,1-3H3,(H,21,22)/t11-,14?/m1/s1. The van der Waals surface area contributed by atoms with Gasteiger partial charge in [-0.2, -0.15) is 0 Å². The van der Waals surface area contributed by atoms with Crippen molar-refractivity contribution in [1.29, 1.82) is 0 Å². The second-order valence-corrected chi connectivity index (χ2v) is 6.41. The summed E-state index contributed by atoms with van der Waals surface area (Å²) in [6.07, 6.45) is -1.01. The van der Waals surface area contributed by atoms with Crippen LogP contribution in [0.25, 0.3) is 0 Å². The van der Waals surface area contributed by atoms with Gasteiger partial charge >= 0.3 is 5.97 Å². The van der Waals surface area contributed by atoms with Crippen LogP contribution < -0.4 is 0 Å². The van der Waals surface area contributed by atoms with Crippen LogP contribution in [-0.4, -0.2) is 58.9 Å². The van der Waals surface area contributed by atoms with Gasteiger partial charge in [0.2, 0.25) is 0 Å². The highest BCUT2D eigenvalue weighted by atomic mass is 16.5. The van der Waals surface area contributed by atoms with Crippen molar-refractivity contribution in [1.82, 2.24) is 4.90 Å². The molecule has 2 rings (SSSR count). The number of hydrogen-bond acceptors (Lipinski definition) is 4. The zero-order chi connectivity index (χ0) is 17.2. The first-order valence-electron chi connectivity index (χ1n) is 7.66. The Balaban J connectivity index is 2.13. The summed E-state index contributed by atoms with van der Waals surface area (Å²) in [5.41, 5.74) is 0.143. The third kappa shape index (κ3) is 3.71. The lowest BCUT2D eigenvalue weighted by Crippen LogP contribution is -2.49. The van der Waals surface area contributed by atoms with E-state index >= 15 is 0 Å². The average molecular weight is 321 g/mol. The SMILES string of the molecule is C[C@@H](O)C1CN(C(=O)c2ccc(C(C)(C)C(=O)O)cc2)CCO1. The van der Waals surface area contributed by atoms with Crippen molar-refractivity contribution in [3.63, 3.8) is 0 Å². The van der Waals surface area contributed by atoms with Crippen LogP contribution >= 0.6 is 0 Å². The van der Waals surface area contributed by atoms with E-state index in [4.69, 9.17) is 4.74 Å². The van der Waals surface area contributed by atoms with Crippen LogP contribution in [0.2, 0.25) is 0 Å². The Kier molecular flexibility index (Phi) is 5.06. The average Bonchev–Trinajstić information content (AvgIpc) is 2.54. The third-order valence-electron chi connectivity index (χ3n) is 4.31. The van der Waals surface area contributed by atoms with E-state index in [1.165, 1.54) is 0 Å². The summed E-state index contributed by atoms with van der Waals surface area (Å²) >= 11 is 0. The monoisotopic (exact) mass is 321 g/mol. The molecule has 0 saturated carbocycles. The van der Waals surface area contributed by atoms with Gasteiger partial charge in [-0.25, -0.2) is 0 Å². The first-order valence-corrected chi connectivity index (χ1v) is 7.66. The van der Waals surface area contributed by atoms with Crippen molar-refractivity contribution in [3.8, 4) is 0 Å². The first-order chi connectivity index (χ1) is 10.7. The smallest absolute Gasteiger partial charge is 0.313 e. The fraction of sp³-hybridized carbons (Fsp3) is 0.529. The van der Waals surface area contributed by atoms with Gasteiger partial charge in [-0.05, 0) is 38.5 Å². The molecule has 1 aliphatic heterocycles. The van der Waals surface area contributed by atoms with Crippen LogP contribution in [-0.2, 0) is 14.9 Å². The number of benzene rings is 1. The number of carboxylic acids is 1. The second-order valence-electron chi connectivity index (χ2n) is 6.41. The number of morpholine rings is 1. The van der Waals surface area contributed by atoms with Gasteiger partial charge < -0.3 is 19.8 Å². The van der Waals surface area contributed by atoms with Crippen molar-refractivity contribution in [2.24, 2.45) is 0 Å². The molecule has 1 heterocycles. The highest BCUT2D eigenvalue weighted by Gasteiger charge is 2.30. The van der Waals surface area contributed by atoms with E-state index < -0.39 is 17.5 Å². The number of aliphatic hydroxyl groups is 1. The predicted octanol–water partition coefficient (Wildman–Crippen LogP) is 1.27. The van der Waals surface area contributed by atoms with Gasteiger partial charge in [0.25, 0.3) is 5.91 Å². The number of carboxylic acid groups (broad SMARTS) is 1. The number of hydrogen-bond donors (Lipinski definition) is 2. The van der Waals surface area contributed by atoms with Gasteiger partial charge in [0.15, 0.2) is 0 Å². The normalized spacial score (nSPS) is 20.2. The molecule has 23 heavy (non-hydrogen) atoms. The van der Waals surface area contributed by atoms with Gasteiger partial charge in [0, 0.05) is 18.7 Å². The maximum atomic E-state index is 12.5. The number of aliphatic carboxylic acids is 1. The molecule has 6 heteroatoms. The first kappa shape index (κ1) is 17.4. The molecular weight excluding hydrogens is 298 g/mol. The zero-order valence-corrected chi connectivity index (χ0v) is 13.7. The molecule has 1 amide bonds. The van der Waals surface area contributed by atoms with Crippen LogP contribution in [0.4, 0.5) is 0 Å². The highest BCUT2D eigenvalue weighted by Crippen LogP contribution is 2.24. The van der Waals surface area contributed by atoms with Crippen LogP contribution in [0, 0.1) is 0 Å². The topological polar surface area (TPSA) is 87.1 Å². The van der Waals surface area contributed by atoms with E-state index in [0.717, 1.165) is 0 Å². The summed E-state index contributed by atoms with van der Waals surface area (Å²) in [4.78, 5) is 25.5. The largest absolute Gasteiger partial charge is 0.481 e. The number of amides is 1. The maximum Gasteiger partial charge on any atom is 0.313 e. The van der Waals surface area contributed by atoms with Crippen molar-refractivity contribution in [3.05, 3.63) is 35.4 Å². The molecule has 0 aliphatic carbocycles. The molecule has 126 valence electrons. The number of carbonyl (C=O) groups excluding carboxylic acids is 1. The van der Waals surface area contributed by atoms with Crippen molar-refractivity contribution >= 4 is 11.9 Å². The number of aliphatic hydroxyl groups excluding tert-OH is 1. The number of ether oxygens (including phenoxy) is 1. The summed E-state index contributed by atoms with van der Waals surface area (Å²) in [7, 11) is 0. The summed E-state index contributed by atoms with van der Waals surface area (Å²) in [5.74, 6) is -1.05. The highest BCUT2D eigenvalue weighted by molar-refractivity contribution is 5.94. The maximum absolute atomic E-state index is 12.5. The molecule has 1 aliphatic rings. The molecule has 0 spiro atoms. The second kappa shape index (κ2) is 6.68. The lowest BCUT2D eigenvalue weighted by Gasteiger charge is -2.34. The lowest BCUT2D eigenvalue weighted by molar-refractivity contribution is -0.142. The van der Waals surface area contributed by atoms with E-state index in [2.05, 4.69) is 0 Å². The molecule has 1 unspecified atom stereocenters. The molecule has 1 fully saturated rings. The number of rotatable bonds is 4. The fourth-order valence-electron chi connectivity index (χ4n) is 2.49. The Morgan fingerprint density at radius 3 is 2.43 bits per heavy atom. The number of carbonyl (C=O) groups is 2. The van der Waals surface area contributed by atoms with E-state index in [1.807, 2.05) is 0 Å². The quantitative estimate of drug-likeness (QED) is 0.872. The third-order valence-corrected chi connectivity index (χ3v) is 4.31. The van der Waals surface area contributed by atoms with Gasteiger partial charge in [-0.15, -0.1) is 0 Å². The summed E-state index contributed by atoms with van der Waals surface area (Å²) in [6.45, 7) is 6.11.